The van der Waals surface area contributed by atoms with Gasteiger partial charge in [-0.05, 0) is 12.1 Å². The molecule has 0 bridgehead atoms. The molecular weight excluding hydrogens is 158 g/mol. The maximum absolute atomic E-state index is 10.7. The van der Waals surface area contributed by atoms with E-state index in [1.165, 1.54) is 6.07 Å². The van der Waals surface area contributed by atoms with E-state index >= 15 is 0 Å². The lowest BCUT2D eigenvalue weighted by atomic mass is 10.1. The molecule has 0 saturated heterocycles. The molecule has 0 saturated carbocycles. The summed E-state index contributed by atoms with van der Waals surface area (Å²) in [6, 6.07) is 4.76. The Balaban J connectivity index is 2.44. The minimum absolute atomic E-state index is 0.135. The molecule has 0 aromatic heterocycles. The van der Waals surface area contributed by atoms with Gasteiger partial charge in [0, 0.05) is 11.6 Å². The highest BCUT2D eigenvalue weighted by Gasteiger charge is 2.14. The van der Waals surface area contributed by atoms with E-state index in [2.05, 4.69) is 5.32 Å². The van der Waals surface area contributed by atoms with Gasteiger partial charge in [-0.3, -0.25) is 5.32 Å². The maximum atomic E-state index is 10.7. The van der Waals surface area contributed by atoms with Crippen molar-refractivity contribution in [2.75, 3.05) is 5.32 Å². The number of cyclic esters (lactones) is 1. The van der Waals surface area contributed by atoms with E-state index in [4.69, 9.17) is 9.84 Å². The van der Waals surface area contributed by atoms with E-state index in [0.717, 1.165) is 5.56 Å². The van der Waals surface area contributed by atoms with Crippen LogP contribution in [0.3, 0.4) is 0 Å². The summed E-state index contributed by atoms with van der Waals surface area (Å²) in [5.41, 5.74) is 1.48. The predicted octanol–water partition coefficient (Wildman–Crippen LogP) is 1.45. The molecule has 0 fully saturated rings. The topological polar surface area (TPSA) is 58.6 Å². The summed E-state index contributed by atoms with van der Waals surface area (Å²) in [6.07, 6.45) is -0.479. The minimum atomic E-state index is -0.479. The highest BCUT2D eigenvalue weighted by Crippen LogP contribution is 2.25. The molecule has 62 valence electrons. The van der Waals surface area contributed by atoms with Crippen molar-refractivity contribution in [2.45, 2.75) is 6.61 Å². The first-order valence-corrected chi connectivity index (χ1v) is 3.51. The van der Waals surface area contributed by atoms with E-state index < -0.39 is 6.09 Å². The Labute approximate surface area is 68.8 Å². The first kappa shape index (κ1) is 6.97. The van der Waals surface area contributed by atoms with Crippen molar-refractivity contribution in [3.63, 3.8) is 0 Å². The fourth-order valence-corrected chi connectivity index (χ4v) is 1.10. The molecule has 4 heteroatoms. The van der Waals surface area contributed by atoms with Gasteiger partial charge in [0.05, 0.1) is 5.69 Å². The second-order valence-electron chi connectivity index (χ2n) is 2.54. The van der Waals surface area contributed by atoms with Gasteiger partial charge in [0.25, 0.3) is 0 Å². The number of benzene rings is 1. The zero-order chi connectivity index (χ0) is 8.55. The SMILES string of the molecule is O=C1Nc2cc(O)ccc2CO1. The molecule has 12 heavy (non-hydrogen) atoms. The highest BCUT2D eigenvalue weighted by atomic mass is 16.5. The number of amides is 1. The monoisotopic (exact) mass is 165 g/mol. The molecule has 0 unspecified atom stereocenters. The van der Waals surface area contributed by atoms with Gasteiger partial charge in [0.2, 0.25) is 0 Å². The quantitative estimate of drug-likeness (QED) is 0.611. The van der Waals surface area contributed by atoms with E-state index in [0.29, 0.717) is 5.69 Å². The van der Waals surface area contributed by atoms with Gasteiger partial charge in [-0.2, -0.15) is 0 Å². The van der Waals surface area contributed by atoms with Crippen LogP contribution < -0.4 is 5.32 Å². The van der Waals surface area contributed by atoms with Crippen molar-refractivity contribution in [3.05, 3.63) is 23.8 Å². The molecule has 1 aromatic carbocycles. The van der Waals surface area contributed by atoms with E-state index in [-0.39, 0.29) is 12.4 Å². The van der Waals surface area contributed by atoms with Gasteiger partial charge < -0.3 is 9.84 Å². The molecule has 1 heterocycles. The molecule has 1 aliphatic heterocycles. The van der Waals surface area contributed by atoms with E-state index in [9.17, 15) is 4.79 Å². The van der Waals surface area contributed by atoms with Crippen molar-refractivity contribution in [1.82, 2.24) is 0 Å². The highest BCUT2D eigenvalue weighted by molar-refractivity contribution is 5.87. The predicted molar refractivity (Wildman–Crippen MR) is 41.9 cm³/mol. The van der Waals surface area contributed by atoms with Crippen LogP contribution in [0.2, 0.25) is 0 Å². The normalized spacial score (nSPS) is 14.5. The number of hydrogen-bond donors (Lipinski definition) is 2. The van der Waals surface area contributed by atoms with Gasteiger partial charge in [-0.15, -0.1) is 0 Å². The van der Waals surface area contributed by atoms with Gasteiger partial charge in [0.15, 0.2) is 0 Å². The lowest BCUT2D eigenvalue weighted by Gasteiger charge is -2.16. The molecule has 2 N–H and O–H groups in total. The van der Waals surface area contributed by atoms with Gasteiger partial charge in [-0.1, -0.05) is 0 Å². The van der Waals surface area contributed by atoms with Crippen molar-refractivity contribution in [1.29, 1.82) is 0 Å². The minimum Gasteiger partial charge on any atom is -0.508 e. The van der Waals surface area contributed by atoms with Gasteiger partial charge in [0.1, 0.15) is 12.4 Å². The molecule has 4 nitrogen and oxygen atoms in total. The number of hydrogen-bond acceptors (Lipinski definition) is 3. The summed E-state index contributed by atoms with van der Waals surface area (Å²) in [7, 11) is 0. The number of anilines is 1. The van der Waals surface area contributed by atoms with Crippen LogP contribution in [0.5, 0.6) is 5.75 Å². The Morgan fingerprint density at radius 2 is 2.33 bits per heavy atom. The number of carbonyl (C=O) groups excluding carboxylic acids is 1. The molecule has 0 atom stereocenters. The third kappa shape index (κ3) is 1.07. The van der Waals surface area contributed by atoms with Crippen LogP contribution in [0.4, 0.5) is 10.5 Å². The Kier molecular flexibility index (Phi) is 1.40. The van der Waals surface area contributed by atoms with Crippen molar-refractivity contribution >= 4 is 11.8 Å². The third-order valence-corrected chi connectivity index (χ3v) is 1.69. The smallest absolute Gasteiger partial charge is 0.411 e. The Hall–Kier alpha value is -1.71. The van der Waals surface area contributed by atoms with Crippen LogP contribution in [0.15, 0.2) is 18.2 Å². The Bertz CT molecular complexity index is 335. The number of ether oxygens (including phenoxy) is 1. The number of phenolic OH excluding ortho intramolecular Hbond substituents is 1. The lowest BCUT2D eigenvalue weighted by molar-refractivity contribution is 0.151. The van der Waals surface area contributed by atoms with E-state index in [1.54, 1.807) is 12.1 Å². The molecular formula is C8H7NO3. The van der Waals surface area contributed by atoms with Crippen molar-refractivity contribution in [2.24, 2.45) is 0 Å². The second-order valence-corrected chi connectivity index (χ2v) is 2.54. The second kappa shape index (κ2) is 2.41. The van der Waals surface area contributed by atoms with Crippen LogP contribution in [-0.2, 0) is 11.3 Å². The number of fused-ring (bicyclic) bond motifs is 1. The summed E-state index contributed by atoms with van der Waals surface area (Å²) in [4.78, 5) is 10.7. The standard InChI is InChI=1S/C8H7NO3/c10-6-2-1-5-4-12-8(11)9-7(5)3-6/h1-3,10H,4H2,(H,9,11). The molecule has 1 aliphatic rings. The van der Waals surface area contributed by atoms with Gasteiger partial charge in [-0.25, -0.2) is 4.79 Å². The largest absolute Gasteiger partial charge is 0.508 e. The number of carbonyl (C=O) groups is 1. The Morgan fingerprint density at radius 3 is 3.17 bits per heavy atom. The van der Waals surface area contributed by atoms with E-state index in [1.807, 2.05) is 0 Å². The third-order valence-electron chi connectivity index (χ3n) is 1.69. The van der Waals surface area contributed by atoms with Crippen molar-refractivity contribution in [3.8, 4) is 5.75 Å². The maximum Gasteiger partial charge on any atom is 0.411 e. The Morgan fingerprint density at radius 1 is 1.50 bits per heavy atom. The summed E-state index contributed by atoms with van der Waals surface area (Å²) >= 11 is 0. The fraction of sp³-hybridized carbons (Fsp3) is 0.125. The summed E-state index contributed by atoms with van der Waals surface area (Å²) in [6.45, 7) is 0.265. The zero-order valence-electron chi connectivity index (χ0n) is 6.20. The molecule has 0 spiro atoms. The number of nitrogens with one attached hydrogen (secondary N) is 1. The van der Waals surface area contributed by atoms with Crippen LogP contribution >= 0.6 is 0 Å². The summed E-state index contributed by atoms with van der Waals surface area (Å²) in [5.74, 6) is 0.135. The van der Waals surface area contributed by atoms with Crippen LogP contribution in [0, 0.1) is 0 Å². The average molecular weight is 165 g/mol. The molecule has 1 aromatic rings. The summed E-state index contributed by atoms with van der Waals surface area (Å²) < 4.78 is 4.71. The average Bonchev–Trinajstić information content (AvgIpc) is 2.03. The van der Waals surface area contributed by atoms with Crippen LogP contribution in [0.25, 0.3) is 0 Å². The summed E-state index contributed by atoms with van der Waals surface area (Å²) in [5, 5.41) is 11.6. The molecule has 0 radical (unpaired) electrons. The molecule has 0 aliphatic carbocycles. The fourth-order valence-electron chi connectivity index (χ4n) is 1.10. The van der Waals surface area contributed by atoms with Gasteiger partial charge >= 0.3 is 6.09 Å². The molecule has 1 amide bonds. The molecule has 2 rings (SSSR count). The number of phenols is 1. The van der Waals surface area contributed by atoms with Crippen LogP contribution in [0.1, 0.15) is 5.56 Å². The zero-order valence-corrected chi connectivity index (χ0v) is 6.20. The number of aromatic hydroxyl groups is 1. The number of rotatable bonds is 0. The van der Waals surface area contributed by atoms with Crippen LogP contribution in [-0.4, -0.2) is 11.2 Å². The first-order valence-electron chi connectivity index (χ1n) is 3.51. The lowest BCUT2D eigenvalue weighted by Crippen LogP contribution is -2.19. The first-order chi connectivity index (χ1) is 5.75. The van der Waals surface area contributed by atoms with Crippen molar-refractivity contribution < 1.29 is 14.6 Å².